The van der Waals surface area contributed by atoms with Crippen molar-refractivity contribution < 1.29 is 4.74 Å². The van der Waals surface area contributed by atoms with Crippen LogP contribution in [0.4, 0.5) is 0 Å². The van der Waals surface area contributed by atoms with Crippen molar-refractivity contribution in [2.24, 2.45) is 5.92 Å². The molecular weight excluding hydrogens is 222 g/mol. The molecule has 1 fully saturated rings. The molecule has 0 heterocycles. The van der Waals surface area contributed by atoms with Gasteiger partial charge in [0.25, 0.3) is 0 Å². The first-order valence-corrected chi connectivity index (χ1v) is 6.93. The summed E-state index contributed by atoms with van der Waals surface area (Å²) in [6, 6.07) is 11.3. The fourth-order valence-corrected chi connectivity index (χ4v) is 3.13. The maximum atomic E-state index is 5.76. The van der Waals surface area contributed by atoms with E-state index in [1.54, 1.807) is 0 Å². The van der Waals surface area contributed by atoms with Crippen LogP contribution in [0.3, 0.4) is 0 Å². The van der Waals surface area contributed by atoms with Crippen LogP contribution in [-0.2, 0) is 4.74 Å². The van der Waals surface area contributed by atoms with Crippen molar-refractivity contribution in [1.29, 1.82) is 0 Å². The number of methoxy groups -OCH3 is 1. The first kappa shape index (κ1) is 13.6. The molecule has 100 valence electrons. The summed E-state index contributed by atoms with van der Waals surface area (Å²) in [5.74, 6) is 1.40. The van der Waals surface area contributed by atoms with Crippen LogP contribution in [0.25, 0.3) is 0 Å². The summed E-state index contributed by atoms with van der Waals surface area (Å²) in [5, 5.41) is 3.48. The summed E-state index contributed by atoms with van der Waals surface area (Å²) in [6.07, 6.45) is 2.31. The molecule has 4 atom stereocenters. The van der Waals surface area contributed by atoms with Crippen LogP contribution in [-0.4, -0.2) is 25.8 Å². The highest BCUT2D eigenvalue weighted by Gasteiger charge is 2.49. The summed E-state index contributed by atoms with van der Waals surface area (Å²) in [7, 11) is 3.88. The Bertz CT molecular complexity index is 372. The van der Waals surface area contributed by atoms with Crippen molar-refractivity contribution >= 4 is 0 Å². The van der Waals surface area contributed by atoms with E-state index < -0.39 is 0 Å². The highest BCUT2D eigenvalue weighted by molar-refractivity contribution is 5.27. The monoisotopic (exact) mass is 247 g/mol. The number of hydrogen-bond donors (Lipinski definition) is 1. The van der Waals surface area contributed by atoms with Crippen molar-refractivity contribution in [3.05, 3.63) is 35.9 Å². The molecule has 1 aliphatic rings. The van der Waals surface area contributed by atoms with Crippen LogP contribution in [0.15, 0.2) is 30.3 Å². The third-order valence-electron chi connectivity index (χ3n) is 4.63. The van der Waals surface area contributed by atoms with Gasteiger partial charge < -0.3 is 10.1 Å². The Balaban J connectivity index is 2.09. The fraction of sp³-hybridized carbons (Fsp3) is 0.625. The van der Waals surface area contributed by atoms with Crippen LogP contribution in [0.1, 0.15) is 38.2 Å². The van der Waals surface area contributed by atoms with Gasteiger partial charge in [-0.2, -0.15) is 0 Å². The first-order chi connectivity index (χ1) is 8.66. The summed E-state index contributed by atoms with van der Waals surface area (Å²) in [4.78, 5) is 0. The van der Waals surface area contributed by atoms with Gasteiger partial charge in [-0.1, -0.05) is 37.3 Å². The average Bonchev–Trinajstić information content (AvgIpc) is 3.20. The van der Waals surface area contributed by atoms with E-state index in [-0.39, 0.29) is 5.60 Å². The average molecular weight is 247 g/mol. The van der Waals surface area contributed by atoms with E-state index in [4.69, 9.17) is 4.74 Å². The Morgan fingerprint density at radius 3 is 2.56 bits per heavy atom. The zero-order chi connectivity index (χ0) is 13.2. The molecule has 0 aliphatic heterocycles. The van der Waals surface area contributed by atoms with Gasteiger partial charge in [0, 0.05) is 13.2 Å². The second kappa shape index (κ2) is 5.41. The van der Waals surface area contributed by atoms with Crippen LogP contribution in [0.5, 0.6) is 0 Å². The molecular formula is C16H25NO. The second-order valence-electron chi connectivity index (χ2n) is 5.55. The van der Waals surface area contributed by atoms with Crippen molar-refractivity contribution in [3.63, 3.8) is 0 Å². The van der Waals surface area contributed by atoms with E-state index in [1.165, 1.54) is 12.0 Å². The molecule has 0 bridgehead atoms. The number of ether oxygens (including phenoxy) is 1. The molecule has 1 aliphatic carbocycles. The lowest BCUT2D eigenvalue weighted by Crippen LogP contribution is -2.50. The molecule has 18 heavy (non-hydrogen) atoms. The largest absolute Gasteiger partial charge is 0.377 e. The lowest BCUT2D eigenvalue weighted by Gasteiger charge is -2.36. The minimum Gasteiger partial charge on any atom is -0.377 e. The molecule has 2 heteroatoms. The molecule has 0 saturated heterocycles. The van der Waals surface area contributed by atoms with Crippen molar-refractivity contribution in [2.75, 3.05) is 14.2 Å². The van der Waals surface area contributed by atoms with E-state index in [0.29, 0.717) is 17.9 Å². The SMILES string of the molecule is CCC(C)(OC)C(NC)C1CC1c1ccccc1. The van der Waals surface area contributed by atoms with Gasteiger partial charge in [-0.05, 0) is 44.2 Å². The molecule has 1 N–H and O–H groups in total. The number of benzene rings is 1. The smallest absolute Gasteiger partial charge is 0.0803 e. The third kappa shape index (κ3) is 2.45. The van der Waals surface area contributed by atoms with E-state index >= 15 is 0 Å². The Hall–Kier alpha value is -0.860. The standard InChI is InChI=1S/C16H25NO/c1-5-16(2,18-4)15(17-3)14-11-13(14)12-9-7-6-8-10-12/h6-10,13-15,17H,5,11H2,1-4H3. The highest BCUT2D eigenvalue weighted by atomic mass is 16.5. The van der Waals surface area contributed by atoms with E-state index in [2.05, 4.69) is 56.5 Å². The summed E-state index contributed by atoms with van der Waals surface area (Å²) in [6.45, 7) is 4.42. The minimum atomic E-state index is -0.0665. The molecule has 0 aromatic heterocycles. The van der Waals surface area contributed by atoms with Crippen molar-refractivity contribution in [2.45, 2.75) is 44.2 Å². The van der Waals surface area contributed by atoms with Gasteiger partial charge in [-0.25, -0.2) is 0 Å². The van der Waals surface area contributed by atoms with Crippen molar-refractivity contribution in [3.8, 4) is 0 Å². The van der Waals surface area contributed by atoms with Gasteiger partial charge in [0.1, 0.15) is 0 Å². The zero-order valence-corrected chi connectivity index (χ0v) is 11.9. The maximum Gasteiger partial charge on any atom is 0.0803 e. The molecule has 0 radical (unpaired) electrons. The van der Waals surface area contributed by atoms with Gasteiger partial charge in [0.05, 0.1) is 5.60 Å². The molecule has 1 aromatic rings. The first-order valence-electron chi connectivity index (χ1n) is 6.93. The topological polar surface area (TPSA) is 21.3 Å². The highest BCUT2D eigenvalue weighted by Crippen LogP contribution is 2.52. The maximum absolute atomic E-state index is 5.76. The van der Waals surface area contributed by atoms with Crippen LogP contribution >= 0.6 is 0 Å². The molecule has 0 spiro atoms. The van der Waals surface area contributed by atoms with Gasteiger partial charge in [0.2, 0.25) is 0 Å². The normalized spacial score (nSPS) is 27.6. The van der Waals surface area contributed by atoms with Gasteiger partial charge >= 0.3 is 0 Å². The summed E-state index contributed by atoms with van der Waals surface area (Å²) >= 11 is 0. The minimum absolute atomic E-state index is 0.0665. The second-order valence-corrected chi connectivity index (χ2v) is 5.55. The lowest BCUT2D eigenvalue weighted by atomic mass is 9.88. The van der Waals surface area contributed by atoms with Crippen LogP contribution in [0.2, 0.25) is 0 Å². The molecule has 2 nitrogen and oxygen atoms in total. The van der Waals surface area contributed by atoms with Gasteiger partial charge in [-0.3, -0.25) is 0 Å². The Kier molecular flexibility index (Phi) is 4.08. The number of nitrogens with one attached hydrogen (secondary N) is 1. The van der Waals surface area contributed by atoms with E-state index in [1.807, 2.05) is 7.11 Å². The Labute approximate surface area is 111 Å². The molecule has 1 aromatic carbocycles. The van der Waals surface area contributed by atoms with Gasteiger partial charge in [0.15, 0.2) is 0 Å². The van der Waals surface area contributed by atoms with Crippen LogP contribution < -0.4 is 5.32 Å². The molecule has 1 saturated carbocycles. The third-order valence-corrected chi connectivity index (χ3v) is 4.63. The summed E-state index contributed by atoms with van der Waals surface area (Å²) < 4.78 is 5.76. The predicted octanol–water partition coefficient (Wildman–Crippen LogP) is 3.19. The zero-order valence-electron chi connectivity index (χ0n) is 11.9. The number of rotatable bonds is 6. The van der Waals surface area contributed by atoms with E-state index in [9.17, 15) is 0 Å². The molecule has 0 amide bonds. The Morgan fingerprint density at radius 1 is 1.39 bits per heavy atom. The lowest BCUT2D eigenvalue weighted by molar-refractivity contribution is -0.0334. The molecule has 2 rings (SSSR count). The number of likely N-dealkylation sites (N-methyl/N-ethyl adjacent to an activating group) is 1. The fourth-order valence-electron chi connectivity index (χ4n) is 3.13. The Morgan fingerprint density at radius 2 is 2.06 bits per heavy atom. The summed E-state index contributed by atoms with van der Waals surface area (Å²) in [5.41, 5.74) is 1.40. The quantitative estimate of drug-likeness (QED) is 0.833. The predicted molar refractivity (Wildman–Crippen MR) is 75.8 cm³/mol. The van der Waals surface area contributed by atoms with Gasteiger partial charge in [-0.15, -0.1) is 0 Å². The molecule has 4 unspecified atom stereocenters. The van der Waals surface area contributed by atoms with E-state index in [0.717, 1.165) is 6.42 Å². The number of hydrogen-bond acceptors (Lipinski definition) is 2. The van der Waals surface area contributed by atoms with Crippen molar-refractivity contribution in [1.82, 2.24) is 5.32 Å². The van der Waals surface area contributed by atoms with Crippen LogP contribution in [0, 0.1) is 5.92 Å².